The maximum atomic E-state index is 11.1. The summed E-state index contributed by atoms with van der Waals surface area (Å²) < 4.78 is 5.26. The highest BCUT2D eigenvalue weighted by Crippen LogP contribution is 2.35. The van der Waals surface area contributed by atoms with Gasteiger partial charge in [-0.25, -0.2) is 4.98 Å². The van der Waals surface area contributed by atoms with Gasteiger partial charge in [0.05, 0.1) is 18.3 Å². The average Bonchev–Trinajstić information content (AvgIpc) is 3.19. The topological polar surface area (TPSA) is 55.2 Å². The summed E-state index contributed by atoms with van der Waals surface area (Å²) >= 11 is 1.44. The lowest BCUT2D eigenvalue weighted by Crippen LogP contribution is -2.22. The van der Waals surface area contributed by atoms with Crippen LogP contribution >= 0.6 is 11.3 Å². The molecule has 4 aromatic rings. The Balaban J connectivity index is 1.71. The summed E-state index contributed by atoms with van der Waals surface area (Å²) in [5.41, 5.74) is 2.25. The maximum Gasteiger partial charge on any atom is 0.138 e. The minimum Gasteiger partial charge on any atom is -0.497 e. The molecule has 0 aliphatic carbocycles. The Kier molecular flexibility index (Phi) is 4.18. The second-order valence-electron chi connectivity index (χ2n) is 6.26. The number of para-hydroxylation sites is 1. The third-order valence-corrected chi connectivity index (χ3v) is 5.49. The monoisotopic (exact) mass is 362 g/mol. The van der Waals surface area contributed by atoms with Gasteiger partial charge in [0.25, 0.3) is 0 Å². The van der Waals surface area contributed by atoms with Crippen LogP contribution in [0.25, 0.3) is 22.2 Å². The Labute approximate surface area is 155 Å². The highest BCUT2D eigenvalue weighted by molar-refractivity contribution is 7.10. The first-order valence-electron chi connectivity index (χ1n) is 8.26. The van der Waals surface area contributed by atoms with E-state index in [0.717, 1.165) is 27.7 Å². The second-order valence-corrected chi connectivity index (χ2v) is 7.12. The molecule has 0 aliphatic rings. The lowest BCUT2D eigenvalue weighted by atomic mass is 9.96. The van der Waals surface area contributed by atoms with Crippen LogP contribution in [0.3, 0.4) is 0 Å². The molecule has 0 saturated heterocycles. The second kappa shape index (κ2) is 6.52. The van der Waals surface area contributed by atoms with Crippen molar-refractivity contribution >= 4 is 22.2 Å². The minimum atomic E-state index is -1.19. The summed E-state index contributed by atoms with van der Waals surface area (Å²) in [5.74, 6) is 0.707. The highest BCUT2D eigenvalue weighted by atomic mass is 32.1. The summed E-state index contributed by atoms with van der Waals surface area (Å²) in [5, 5.41) is 14.7. The largest absolute Gasteiger partial charge is 0.497 e. The standard InChI is InChI=1S/C21H18N2O2S/c1-21(24,16-7-5-8-17(11-16)25-2)20-23-19(13-26-20)15-10-14-6-3-4-9-18(14)22-12-15/h3-13,24H,1-2H3. The number of rotatable bonds is 4. The van der Waals surface area contributed by atoms with E-state index in [9.17, 15) is 5.11 Å². The number of aromatic nitrogens is 2. The van der Waals surface area contributed by atoms with E-state index < -0.39 is 5.60 Å². The number of hydrogen-bond acceptors (Lipinski definition) is 5. The fourth-order valence-corrected chi connectivity index (χ4v) is 3.80. The average molecular weight is 362 g/mol. The van der Waals surface area contributed by atoms with E-state index in [0.29, 0.717) is 10.8 Å². The van der Waals surface area contributed by atoms with Crippen molar-refractivity contribution in [3.8, 4) is 17.0 Å². The molecule has 0 amide bonds. The van der Waals surface area contributed by atoms with Gasteiger partial charge in [-0.05, 0) is 36.8 Å². The van der Waals surface area contributed by atoms with Gasteiger partial charge in [0.1, 0.15) is 16.4 Å². The Bertz CT molecular complexity index is 1070. The molecule has 4 nitrogen and oxygen atoms in total. The number of benzene rings is 2. The zero-order valence-electron chi connectivity index (χ0n) is 14.5. The van der Waals surface area contributed by atoms with E-state index in [1.807, 2.05) is 60.1 Å². The van der Waals surface area contributed by atoms with Gasteiger partial charge in [-0.15, -0.1) is 11.3 Å². The zero-order valence-corrected chi connectivity index (χ0v) is 15.3. The van der Waals surface area contributed by atoms with E-state index in [-0.39, 0.29) is 0 Å². The van der Waals surface area contributed by atoms with Crippen molar-refractivity contribution in [1.82, 2.24) is 9.97 Å². The van der Waals surface area contributed by atoms with Crippen LogP contribution in [0.15, 0.2) is 66.2 Å². The summed E-state index contributed by atoms with van der Waals surface area (Å²) in [6.07, 6.45) is 1.82. The SMILES string of the molecule is COc1cccc(C(C)(O)c2nc(-c3cnc4ccccc4c3)cs2)c1. The van der Waals surface area contributed by atoms with Crippen LogP contribution in [0.5, 0.6) is 5.75 Å². The molecule has 0 fully saturated rings. The van der Waals surface area contributed by atoms with Crippen LogP contribution in [-0.4, -0.2) is 22.2 Å². The van der Waals surface area contributed by atoms with E-state index in [1.54, 1.807) is 14.0 Å². The quantitative estimate of drug-likeness (QED) is 0.575. The molecule has 2 aromatic carbocycles. The van der Waals surface area contributed by atoms with Crippen molar-refractivity contribution in [2.24, 2.45) is 0 Å². The molecule has 2 aromatic heterocycles. The highest BCUT2D eigenvalue weighted by Gasteiger charge is 2.29. The number of methoxy groups -OCH3 is 1. The molecule has 1 atom stereocenters. The van der Waals surface area contributed by atoms with Gasteiger partial charge in [0.2, 0.25) is 0 Å². The molecular weight excluding hydrogens is 344 g/mol. The lowest BCUT2D eigenvalue weighted by Gasteiger charge is -2.21. The first-order chi connectivity index (χ1) is 12.6. The van der Waals surface area contributed by atoms with Crippen LogP contribution in [-0.2, 0) is 5.60 Å². The van der Waals surface area contributed by atoms with Crippen molar-refractivity contribution in [2.75, 3.05) is 7.11 Å². The molecule has 0 saturated carbocycles. The third kappa shape index (κ3) is 2.96. The normalized spacial score (nSPS) is 13.5. The Morgan fingerprint density at radius 3 is 2.77 bits per heavy atom. The molecule has 4 rings (SSSR count). The molecule has 0 bridgehead atoms. The van der Waals surface area contributed by atoms with Gasteiger partial charge in [-0.1, -0.05) is 30.3 Å². The first-order valence-corrected chi connectivity index (χ1v) is 9.14. The minimum absolute atomic E-state index is 0.633. The summed E-state index contributed by atoms with van der Waals surface area (Å²) in [4.78, 5) is 9.17. The van der Waals surface area contributed by atoms with Crippen LogP contribution < -0.4 is 4.74 Å². The summed E-state index contributed by atoms with van der Waals surface area (Å²) in [6.45, 7) is 1.75. The fraction of sp³-hybridized carbons (Fsp3) is 0.143. The number of fused-ring (bicyclic) bond motifs is 1. The van der Waals surface area contributed by atoms with Crippen LogP contribution in [0.2, 0.25) is 0 Å². The zero-order chi connectivity index (χ0) is 18.1. The number of hydrogen-bond donors (Lipinski definition) is 1. The molecular formula is C21H18N2O2S. The smallest absolute Gasteiger partial charge is 0.138 e. The predicted octanol–water partition coefficient (Wildman–Crippen LogP) is 4.62. The van der Waals surface area contributed by atoms with Crippen molar-refractivity contribution in [3.05, 3.63) is 76.7 Å². The number of aliphatic hydroxyl groups is 1. The number of ether oxygens (including phenoxy) is 1. The third-order valence-electron chi connectivity index (χ3n) is 4.44. The fourth-order valence-electron chi connectivity index (χ4n) is 2.89. The molecule has 0 aliphatic heterocycles. The predicted molar refractivity (Wildman–Crippen MR) is 105 cm³/mol. The van der Waals surface area contributed by atoms with Crippen molar-refractivity contribution in [2.45, 2.75) is 12.5 Å². The summed E-state index contributed by atoms with van der Waals surface area (Å²) in [7, 11) is 1.61. The number of pyridine rings is 1. The lowest BCUT2D eigenvalue weighted by molar-refractivity contribution is 0.102. The molecule has 2 heterocycles. The van der Waals surface area contributed by atoms with Gasteiger partial charge in [0.15, 0.2) is 0 Å². The van der Waals surface area contributed by atoms with Crippen molar-refractivity contribution < 1.29 is 9.84 Å². The Morgan fingerprint density at radius 1 is 1.08 bits per heavy atom. The van der Waals surface area contributed by atoms with E-state index >= 15 is 0 Å². The number of thiazole rings is 1. The van der Waals surface area contributed by atoms with Crippen molar-refractivity contribution in [3.63, 3.8) is 0 Å². The van der Waals surface area contributed by atoms with Gasteiger partial charge < -0.3 is 9.84 Å². The van der Waals surface area contributed by atoms with Crippen molar-refractivity contribution in [1.29, 1.82) is 0 Å². The van der Waals surface area contributed by atoms with Crippen LogP contribution in [0.4, 0.5) is 0 Å². The van der Waals surface area contributed by atoms with Crippen LogP contribution in [0.1, 0.15) is 17.5 Å². The van der Waals surface area contributed by atoms with Crippen LogP contribution in [0, 0.1) is 0 Å². The van der Waals surface area contributed by atoms with E-state index in [4.69, 9.17) is 4.74 Å². The Morgan fingerprint density at radius 2 is 1.92 bits per heavy atom. The maximum absolute atomic E-state index is 11.1. The van der Waals surface area contributed by atoms with Gasteiger partial charge in [0, 0.05) is 22.5 Å². The first kappa shape index (κ1) is 16.7. The Hall–Kier alpha value is -2.76. The van der Waals surface area contributed by atoms with Gasteiger partial charge >= 0.3 is 0 Å². The molecule has 5 heteroatoms. The number of nitrogens with zero attached hydrogens (tertiary/aromatic N) is 2. The van der Waals surface area contributed by atoms with Gasteiger partial charge in [-0.3, -0.25) is 4.98 Å². The van der Waals surface area contributed by atoms with E-state index in [2.05, 4.69) is 16.0 Å². The van der Waals surface area contributed by atoms with Gasteiger partial charge in [-0.2, -0.15) is 0 Å². The molecule has 0 spiro atoms. The molecule has 0 radical (unpaired) electrons. The molecule has 1 N–H and O–H groups in total. The summed E-state index contributed by atoms with van der Waals surface area (Å²) in [6, 6.07) is 17.5. The molecule has 26 heavy (non-hydrogen) atoms. The molecule has 130 valence electrons. The molecule has 1 unspecified atom stereocenters. The van der Waals surface area contributed by atoms with E-state index in [1.165, 1.54) is 11.3 Å².